The number of sulfonamides is 1. The predicted octanol–water partition coefficient (Wildman–Crippen LogP) is 2.69. The Bertz CT molecular complexity index is 956. The third kappa shape index (κ3) is 2.94. The minimum absolute atomic E-state index is 0.159. The molecule has 0 aliphatic heterocycles. The first-order chi connectivity index (χ1) is 11.3. The highest BCUT2D eigenvalue weighted by molar-refractivity contribution is 7.89. The fourth-order valence-electron chi connectivity index (χ4n) is 2.70. The molecular weight excluding hydrogens is 326 g/mol. The molecule has 0 atom stereocenters. The molecule has 3 rings (SSSR count). The molecule has 0 spiro atoms. The Labute approximate surface area is 141 Å². The normalized spacial score (nSPS) is 12.6. The fraction of sp³-hybridized carbons (Fsp3) is 0.375. The van der Waals surface area contributed by atoms with Crippen molar-refractivity contribution in [3.05, 3.63) is 30.6 Å². The summed E-state index contributed by atoms with van der Waals surface area (Å²) in [5, 5.41) is 0. The van der Waals surface area contributed by atoms with Gasteiger partial charge in [-0.2, -0.15) is 0 Å². The monoisotopic (exact) mass is 347 g/mol. The maximum atomic E-state index is 12.4. The lowest BCUT2D eigenvalue weighted by atomic mass is 10.3. The second-order valence-electron chi connectivity index (χ2n) is 6.26. The van der Waals surface area contributed by atoms with Gasteiger partial charge in [-0.05, 0) is 45.9 Å². The summed E-state index contributed by atoms with van der Waals surface area (Å²) in [4.78, 5) is 12.1. The number of hydrogen-bond acceptors (Lipinski definition) is 4. The summed E-state index contributed by atoms with van der Waals surface area (Å²) in [7, 11) is -3.55. The van der Waals surface area contributed by atoms with E-state index in [9.17, 15) is 8.42 Å². The van der Waals surface area contributed by atoms with Crippen molar-refractivity contribution >= 4 is 21.1 Å². The molecule has 0 fully saturated rings. The van der Waals surface area contributed by atoms with Crippen LogP contribution in [0.15, 0.2) is 35.5 Å². The van der Waals surface area contributed by atoms with Crippen LogP contribution in [-0.4, -0.2) is 34.0 Å². The van der Waals surface area contributed by atoms with Gasteiger partial charge in [0.15, 0.2) is 11.6 Å². The summed E-state index contributed by atoms with van der Waals surface area (Å²) in [6, 6.07) is 5.00. The van der Waals surface area contributed by atoms with Gasteiger partial charge in [0, 0.05) is 24.5 Å². The lowest BCUT2D eigenvalue weighted by Gasteiger charge is -2.12. The minimum atomic E-state index is -3.55. The summed E-state index contributed by atoms with van der Waals surface area (Å²) < 4.78 is 29.4. The largest absolute Gasteiger partial charge is 0.342 e. The van der Waals surface area contributed by atoms with E-state index in [1.807, 2.05) is 4.57 Å². The highest BCUT2D eigenvalue weighted by atomic mass is 32.2. The summed E-state index contributed by atoms with van der Waals surface area (Å²) in [6.07, 6.45) is 3.41. The number of aromatic amines is 1. The summed E-state index contributed by atoms with van der Waals surface area (Å²) in [5.74, 6) is 1.35. The number of hydrogen-bond donors (Lipinski definition) is 2. The van der Waals surface area contributed by atoms with Gasteiger partial charge >= 0.3 is 0 Å². The van der Waals surface area contributed by atoms with Gasteiger partial charge in [0.25, 0.3) is 0 Å². The zero-order valence-corrected chi connectivity index (χ0v) is 14.9. The molecule has 0 aliphatic carbocycles. The van der Waals surface area contributed by atoms with Gasteiger partial charge in [-0.25, -0.2) is 23.1 Å². The van der Waals surface area contributed by atoms with Crippen molar-refractivity contribution in [2.45, 2.75) is 44.7 Å². The Balaban J connectivity index is 2.18. The number of nitrogens with zero attached hydrogens (tertiary/aromatic N) is 3. The number of fused-ring (bicyclic) bond motifs is 1. The smallest absolute Gasteiger partial charge is 0.240 e. The van der Waals surface area contributed by atoms with Crippen LogP contribution in [0, 0.1) is 0 Å². The Morgan fingerprint density at radius 1 is 1.21 bits per heavy atom. The Hall–Kier alpha value is -2.19. The maximum absolute atomic E-state index is 12.4. The first-order valence-corrected chi connectivity index (χ1v) is 9.32. The van der Waals surface area contributed by atoms with Gasteiger partial charge in [-0.1, -0.05) is 0 Å². The second kappa shape index (κ2) is 6.03. The molecule has 0 saturated heterocycles. The summed E-state index contributed by atoms with van der Waals surface area (Å²) in [6.45, 7) is 7.69. The third-order valence-electron chi connectivity index (χ3n) is 3.59. The molecule has 0 aliphatic rings. The standard InChI is InChI=1S/C16H21N5O2S/c1-10(2)20-24(22,23)12-5-6-14-13(9-12)19-16(21(14)11(3)4)15-17-7-8-18-15/h5-11,20H,1-4H3,(H,17,18). The van der Waals surface area contributed by atoms with Crippen molar-refractivity contribution in [1.82, 2.24) is 24.2 Å². The van der Waals surface area contributed by atoms with Crippen LogP contribution in [0.2, 0.25) is 0 Å². The molecule has 0 saturated carbocycles. The molecule has 2 heterocycles. The van der Waals surface area contributed by atoms with Crippen molar-refractivity contribution in [3.63, 3.8) is 0 Å². The topological polar surface area (TPSA) is 92.7 Å². The molecule has 0 bridgehead atoms. The number of benzene rings is 1. The van der Waals surface area contributed by atoms with Crippen LogP contribution in [-0.2, 0) is 10.0 Å². The van der Waals surface area contributed by atoms with E-state index in [0.29, 0.717) is 17.2 Å². The lowest BCUT2D eigenvalue weighted by molar-refractivity contribution is 0.570. The third-order valence-corrected chi connectivity index (χ3v) is 5.24. The fourth-order valence-corrected chi connectivity index (χ4v) is 3.97. The Kier molecular flexibility index (Phi) is 4.18. The highest BCUT2D eigenvalue weighted by Gasteiger charge is 2.20. The number of imidazole rings is 2. The molecule has 1 aromatic carbocycles. The van der Waals surface area contributed by atoms with Crippen LogP contribution in [0.5, 0.6) is 0 Å². The quantitative estimate of drug-likeness (QED) is 0.742. The van der Waals surface area contributed by atoms with Crippen molar-refractivity contribution in [1.29, 1.82) is 0 Å². The Morgan fingerprint density at radius 3 is 2.54 bits per heavy atom. The number of nitrogens with one attached hydrogen (secondary N) is 2. The molecule has 128 valence electrons. The van der Waals surface area contributed by atoms with Gasteiger partial charge in [0.1, 0.15) is 0 Å². The molecule has 0 radical (unpaired) electrons. The molecule has 2 N–H and O–H groups in total. The lowest BCUT2D eigenvalue weighted by Crippen LogP contribution is -2.30. The number of H-pyrrole nitrogens is 1. The molecule has 0 unspecified atom stereocenters. The van der Waals surface area contributed by atoms with Crippen LogP contribution in [0.25, 0.3) is 22.7 Å². The molecule has 3 aromatic rings. The second-order valence-corrected chi connectivity index (χ2v) is 7.98. The minimum Gasteiger partial charge on any atom is -0.342 e. The average molecular weight is 347 g/mol. The van der Waals surface area contributed by atoms with E-state index in [1.54, 1.807) is 44.4 Å². The van der Waals surface area contributed by atoms with Gasteiger partial charge < -0.3 is 9.55 Å². The van der Waals surface area contributed by atoms with Crippen LogP contribution in [0.4, 0.5) is 0 Å². The van der Waals surface area contributed by atoms with Crippen molar-refractivity contribution in [3.8, 4) is 11.6 Å². The van der Waals surface area contributed by atoms with E-state index >= 15 is 0 Å². The molecule has 24 heavy (non-hydrogen) atoms. The van der Waals surface area contributed by atoms with Crippen LogP contribution in [0.3, 0.4) is 0 Å². The van der Waals surface area contributed by atoms with E-state index in [1.165, 1.54) is 0 Å². The van der Waals surface area contributed by atoms with Crippen LogP contribution >= 0.6 is 0 Å². The number of aromatic nitrogens is 4. The SMILES string of the molecule is CC(C)NS(=O)(=O)c1ccc2c(c1)nc(-c1ncc[nH]1)n2C(C)C. The van der Waals surface area contributed by atoms with E-state index in [-0.39, 0.29) is 17.0 Å². The Morgan fingerprint density at radius 2 is 1.96 bits per heavy atom. The maximum Gasteiger partial charge on any atom is 0.240 e. The zero-order chi connectivity index (χ0) is 17.5. The number of rotatable bonds is 5. The molecule has 7 nitrogen and oxygen atoms in total. The average Bonchev–Trinajstić information content (AvgIpc) is 3.12. The van der Waals surface area contributed by atoms with Crippen LogP contribution < -0.4 is 4.72 Å². The predicted molar refractivity (Wildman–Crippen MR) is 93.2 cm³/mol. The molecule has 8 heteroatoms. The first kappa shape index (κ1) is 16.7. The van der Waals surface area contributed by atoms with E-state index in [4.69, 9.17) is 0 Å². The van der Waals surface area contributed by atoms with Gasteiger partial charge in [-0.15, -0.1) is 0 Å². The molecule has 2 aromatic heterocycles. The van der Waals surface area contributed by atoms with Crippen molar-refractivity contribution in [2.75, 3.05) is 0 Å². The summed E-state index contributed by atoms with van der Waals surface area (Å²) in [5.41, 5.74) is 1.50. The van der Waals surface area contributed by atoms with Crippen molar-refractivity contribution < 1.29 is 8.42 Å². The molecular formula is C16H21N5O2S. The van der Waals surface area contributed by atoms with Gasteiger partial charge in [0.2, 0.25) is 10.0 Å². The van der Waals surface area contributed by atoms with E-state index in [0.717, 1.165) is 5.52 Å². The highest BCUT2D eigenvalue weighted by Crippen LogP contribution is 2.28. The van der Waals surface area contributed by atoms with Crippen LogP contribution in [0.1, 0.15) is 33.7 Å². The van der Waals surface area contributed by atoms with Gasteiger partial charge in [-0.3, -0.25) is 0 Å². The van der Waals surface area contributed by atoms with Crippen molar-refractivity contribution in [2.24, 2.45) is 0 Å². The first-order valence-electron chi connectivity index (χ1n) is 7.83. The summed E-state index contributed by atoms with van der Waals surface area (Å²) >= 11 is 0. The zero-order valence-electron chi connectivity index (χ0n) is 14.1. The molecule has 0 amide bonds. The van der Waals surface area contributed by atoms with E-state index in [2.05, 4.69) is 33.5 Å². The van der Waals surface area contributed by atoms with E-state index < -0.39 is 10.0 Å². The van der Waals surface area contributed by atoms with Gasteiger partial charge in [0.05, 0.1) is 15.9 Å².